The molecule has 0 radical (unpaired) electrons. The van der Waals surface area contributed by atoms with Gasteiger partial charge in [-0.3, -0.25) is 0 Å². The van der Waals surface area contributed by atoms with Gasteiger partial charge >= 0.3 is 0 Å². The van der Waals surface area contributed by atoms with Crippen molar-refractivity contribution in [3.63, 3.8) is 0 Å². The van der Waals surface area contributed by atoms with Crippen LogP contribution in [0.2, 0.25) is 0 Å². The van der Waals surface area contributed by atoms with Crippen molar-refractivity contribution < 1.29 is 4.79 Å². The topological polar surface area (TPSA) is 29.4 Å². The zero-order valence-corrected chi connectivity index (χ0v) is 10.5. The first kappa shape index (κ1) is 10.2. The first-order chi connectivity index (χ1) is 7.72. The average Bonchev–Trinajstić information content (AvgIpc) is 3.13. The van der Waals surface area contributed by atoms with Crippen LogP contribution in [0.1, 0.15) is 31.2 Å². The van der Waals surface area contributed by atoms with Gasteiger partial charge in [0.2, 0.25) is 6.08 Å². The summed E-state index contributed by atoms with van der Waals surface area (Å²) in [4.78, 5) is 14.6. The van der Waals surface area contributed by atoms with Crippen LogP contribution in [-0.4, -0.2) is 11.6 Å². The predicted molar refractivity (Wildman–Crippen MR) is 65.1 cm³/mol. The largest absolute Gasteiger partial charge is 0.235 e. The van der Waals surface area contributed by atoms with E-state index in [-0.39, 0.29) is 11.0 Å². The smallest absolute Gasteiger partial charge is 0.211 e. The highest BCUT2D eigenvalue weighted by Gasteiger charge is 2.66. The van der Waals surface area contributed by atoms with Crippen LogP contribution in [0, 0.1) is 0 Å². The van der Waals surface area contributed by atoms with Gasteiger partial charge < -0.3 is 0 Å². The molecule has 2 nitrogen and oxygen atoms in total. The Morgan fingerprint density at radius 3 is 2.19 bits per heavy atom. The van der Waals surface area contributed by atoms with Gasteiger partial charge in [0.25, 0.3) is 0 Å². The van der Waals surface area contributed by atoms with E-state index in [1.54, 1.807) is 6.08 Å². The molecule has 0 N–H and O–H groups in total. The van der Waals surface area contributed by atoms with Gasteiger partial charge in [-0.25, -0.2) is 4.79 Å². The highest BCUT2D eigenvalue weighted by atomic mass is 79.9. The normalized spacial score (nSPS) is 23.3. The summed E-state index contributed by atoms with van der Waals surface area (Å²) in [7, 11) is 0. The molecule has 0 amide bonds. The Kier molecular flexibility index (Phi) is 2.10. The Balaban J connectivity index is 2.00. The van der Waals surface area contributed by atoms with Gasteiger partial charge in [0.05, 0.1) is 5.54 Å². The zero-order valence-electron chi connectivity index (χ0n) is 8.87. The van der Waals surface area contributed by atoms with Gasteiger partial charge in [-0.1, -0.05) is 28.1 Å². The van der Waals surface area contributed by atoms with E-state index in [9.17, 15) is 4.79 Å². The summed E-state index contributed by atoms with van der Waals surface area (Å²) >= 11 is 3.44. The minimum Gasteiger partial charge on any atom is -0.211 e. The predicted octanol–water partition coefficient (Wildman–Crippen LogP) is 3.35. The van der Waals surface area contributed by atoms with Gasteiger partial charge in [-0.05, 0) is 43.4 Å². The number of benzene rings is 1. The molecule has 2 aliphatic rings. The van der Waals surface area contributed by atoms with Crippen molar-refractivity contribution >= 4 is 22.0 Å². The maximum atomic E-state index is 10.5. The SMILES string of the molecule is O=C=NC1(C2(c3ccc(Br)cc3)CC2)CC1. The Labute approximate surface area is 103 Å². The molecule has 0 aromatic heterocycles. The second kappa shape index (κ2) is 3.28. The number of hydrogen-bond donors (Lipinski definition) is 0. The molecule has 0 aliphatic heterocycles. The molecule has 2 saturated carbocycles. The van der Waals surface area contributed by atoms with Crippen LogP contribution in [0.25, 0.3) is 0 Å². The summed E-state index contributed by atoms with van der Waals surface area (Å²) in [6, 6.07) is 8.43. The summed E-state index contributed by atoms with van der Waals surface area (Å²) in [5.41, 5.74) is 1.36. The van der Waals surface area contributed by atoms with E-state index in [2.05, 4.69) is 45.2 Å². The average molecular weight is 278 g/mol. The fraction of sp³-hybridized carbons (Fsp3) is 0.462. The minimum atomic E-state index is -0.109. The molecular weight excluding hydrogens is 266 g/mol. The molecule has 1 aromatic rings. The van der Waals surface area contributed by atoms with E-state index in [0.29, 0.717) is 0 Å². The molecule has 2 fully saturated rings. The van der Waals surface area contributed by atoms with E-state index in [1.165, 1.54) is 5.56 Å². The fourth-order valence-corrected chi connectivity index (χ4v) is 3.08. The number of halogens is 1. The van der Waals surface area contributed by atoms with Crippen LogP contribution in [0.3, 0.4) is 0 Å². The summed E-state index contributed by atoms with van der Waals surface area (Å²) in [6.45, 7) is 0. The van der Waals surface area contributed by atoms with E-state index in [4.69, 9.17) is 0 Å². The Morgan fingerprint density at radius 2 is 1.75 bits per heavy atom. The molecular formula is C13H12BrNO. The summed E-state index contributed by atoms with van der Waals surface area (Å²) in [6.07, 6.45) is 6.15. The van der Waals surface area contributed by atoms with Crippen molar-refractivity contribution in [1.82, 2.24) is 0 Å². The lowest BCUT2D eigenvalue weighted by Crippen LogP contribution is -2.26. The molecule has 0 bridgehead atoms. The van der Waals surface area contributed by atoms with E-state index in [0.717, 1.165) is 30.2 Å². The monoisotopic (exact) mass is 277 g/mol. The molecule has 3 rings (SSSR count). The molecule has 0 saturated heterocycles. The number of carbonyl (C=O) groups excluding carboxylic acids is 1. The first-order valence-corrected chi connectivity index (χ1v) is 6.37. The minimum absolute atomic E-state index is 0.109. The molecule has 0 heterocycles. The third kappa shape index (κ3) is 1.32. The Morgan fingerprint density at radius 1 is 1.12 bits per heavy atom. The summed E-state index contributed by atoms with van der Waals surface area (Å²) < 4.78 is 1.09. The molecule has 16 heavy (non-hydrogen) atoms. The number of nitrogens with zero attached hydrogens (tertiary/aromatic N) is 1. The van der Waals surface area contributed by atoms with Gasteiger partial charge in [-0.2, -0.15) is 4.99 Å². The van der Waals surface area contributed by atoms with Crippen molar-refractivity contribution in [2.75, 3.05) is 0 Å². The van der Waals surface area contributed by atoms with Crippen LogP contribution in [0.4, 0.5) is 0 Å². The maximum Gasteiger partial charge on any atom is 0.235 e. The highest BCUT2D eigenvalue weighted by Crippen LogP contribution is 2.66. The molecule has 0 unspecified atom stereocenters. The standard InChI is InChI=1S/C13H12BrNO/c14-11-3-1-10(2-4-11)12(5-6-12)13(7-8-13)15-9-16/h1-4H,5-8H2. The molecule has 2 aliphatic carbocycles. The van der Waals surface area contributed by atoms with E-state index in [1.807, 2.05) is 0 Å². The second-order valence-corrected chi connectivity index (χ2v) is 5.74. The molecule has 3 heteroatoms. The third-order valence-electron chi connectivity index (χ3n) is 4.02. The number of isocyanates is 1. The van der Waals surface area contributed by atoms with Gasteiger partial charge in [-0.15, -0.1) is 0 Å². The quantitative estimate of drug-likeness (QED) is 0.616. The Bertz CT molecular complexity index is 465. The molecule has 0 atom stereocenters. The summed E-state index contributed by atoms with van der Waals surface area (Å²) in [5.74, 6) is 0. The van der Waals surface area contributed by atoms with E-state index >= 15 is 0 Å². The lowest BCUT2D eigenvalue weighted by atomic mass is 9.86. The van der Waals surface area contributed by atoms with Crippen LogP contribution in [0.5, 0.6) is 0 Å². The van der Waals surface area contributed by atoms with Crippen molar-refractivity contribution in [2.24, 2.45) is 4.99 Å². The van der Waals surface area contributed by atoms with Crippen LogP contribution < -0.4 is 0 Å². The lowest BCUT2D eigenvalue weighted by molar-refractivity contribution is 0.493. The maximum absolute atomic E-state index is 10.5. The van der Waals surface area contributed by atoms with Crippen LogP contribution in [-0.2, 0) is 10.2 Å². The molecule has 0 spiro atoms. The summed E-state index contributed by atoms with van der Waals surface area (Å²) in [5, 5.41) is 0. The first-order valence-electron chi connectivity index (χ1n) is 5.58. The van der Waals surface area contributed by atoms with Gasteiger partial charge in [0, 0.05) is 9.89 Å². The fourth-order valence-electron chi connectivity index (χ4n) is 2.82. The molecule has 82 valence electrons. The van der Waals surface area contributed by atoms with Crippen molar-refractivity contribution in [3.8, 4) is 0 Å². The highest BCUT2D eigenvalue weighted by molar-refractivity contribution is 9.10. The van der Waals surface area contributed by atoms with Crippen molar-refractivity contribution in [1.29, 1.82) is 0 Å². The van der Waals surface area contributed by atoms with Crippen LogP contribution >= 0.6 is 15.9 Å². The Hall–Kier alpha value is -0.920. The van der Waals surface area contributed by atoms with Gasteiger partial charge in [0.1, 0.15) is 0 Å². The van der Waals surface area contributed by atoms with E-state index < -0.39 is 0 Å². The third-order valence-corrected chi connectivity index (χ3v) is 4.55. The lowest BCUT2D eigenvalue weighted by Gasteiger charge is -2.22. The van der Waals surface area contributed by atoms with Crippen molar-refractivity contribution in [2.45, 2.75) is 36.6 Å². The molecule has 1 aromatic carbocycles. The number of rotatable bonds is 3. The van der Waals surface area contributed by atoms with Crippen molar-refractivity contribution in [3.05, 3.63) is 34.3 Å². The number of aliphatic imine (C=N–C) groups is 1. The number of hydrogen-bond acceptors (Lipinski definition) is 2. The second-order valence-electron chi connectivity index (χ2n) is 4.82. The zero-order chi connectivity index (χ0) is 11.2. The van der Waals surface area contributed by atoms with Gasteiger partial charge in [0.15, 0.2) is 0 Å². The van der Waals surface area contributed by atoms with Crippen LogP contribution in [0.15, 0.2) is 33.7 Å².